The van der Waals surface area contributed by atoms with Gasteiger partial charge in [0, 0.05) is 18.8 Å². The fraction of sp³-hybridized carbons (Fsp3) is 0.562. The Balaban J connectivity index is 1.70. The predicted octanol–water partition coefficient (Wildman–Crippen LogP) is 2.86. The smallest absolute Gasteiger partial charge is 0.306 e. The number of aryl methyl sites for hydroxylation is 2. The van der Waals surface area contributed by atoms with Gasteiger partial charge in [0.15, 0.2) is 0 Å². The Morgan fingerprint density at radius 3 is 2.58 bits per heavy atom. The van der Waals surface area contributed by atoms with E-state index in [1.165, 1.54) is 42.5 Å². The van der Waals surface area contributed by atoms with Gasteiger partial charge >= 0.3 is 5.97 Å². The molecule has 0 radical (unpaired) electrons. The van der Waals surface area contributed by atoms with Crippen molar-refractivity contribution in [2.24, 2.45) is 5.92 Å². The van der Waals surface area contributed by atoms with Crippen molar-refractivity contribution in [3.05, 3.63) is 29.3 Å². The Bertz CT molecular complexity index is 492. The second kappa shape index (κ2) is 4.87. The summed E-state index contributed by atoms with van der Waals surface area (Å²) in [4.78, 5) is 13.1. The Morgan fingerprint density at radius 2 is 1.89 bits per heavy atom. The number of fused-ring (bicyclic) bond motifs is 1. The molecule has 0 bridgehead atoms. The van der Waals surface area contributed by atoms with Crippen molar-refractivity contribution < 1.29 is 9.90 Å². The highest BCUT2D eigenvalue weighted by Gasteiger charge is 2.36. The van der Waals surface area contributed by atoms with Crippen LogP contribution >= 0.6 is 0 Å². The maximum absolute atomic E-state index is 10.9. The molecule has 0 spiro atoms. The predicted molar refractivity (Wildman–Crippen MR) is 75.6 cm³/mol. The average Bonchev–Trinajstić information content (AvgIpc) is 2.35. The van der Waals surface area contributed by atoms with E-state index in [1.807, 2.05) is 0 Å². The molecule has 1 fully saturated rings. The maximum atomic E-state index is 10.9. The molecule has 1 N–H and O–H groups in total. The number of aliphatic carboxylic acids is 1. The lowest BCUT2D eigenvalue weighted by Gasteiger charge is -2.40. The fourth-order valence-electron chi connectivity index (χ4n) is 3.26. The van der Waals surface area contributed by atoms with Gasteiger partial charge in [-0.2, -0.15) is 0 Å². The van der Waals surface area contributed by atoms with Gasteiger partial charge in [-0.05, 0) is 61.8 Å². The third-order valence-corrected chi connectivity index (χ3v) is 4.75. The van der Waals surface area contributed by atoms with Gasteiger partial charge in [-0.25, -0.2) is 0 Å². The molecule has 3 heteroatoms. The summed E-state index contributed by atoms with van der Waals surface area (Å²) >= 11 is 0. The first-order chi connectivity index (χ1) is 9.15. The number of rotatable bonds is 3. The number of anilines is 1. The number of carbonyl (C=O) groups is 1. The van der Waals surface area contributed by atoms with Gasteiger partial charge in [-0.1, -0.05) is 6.07 Å². The molecule has 102 valence electrons. The normalized spacial score (nSPS) is 25.3. The van der Waals surface area contributed by atoms with Gasteiger partial charge in [0.05, 0.1) is 5.92 Å². The molecule has 1 aromatic rings. The zero-order valence-corrected chi connectivity index (χ0v) is 11.4. The van der Waals surface area contributed by atoms with E-state index >= 15 is 0 Å². The summed E-state index contributed by atoms with van der Waals surface area (Å²) in [5.41, 5.74) is 4.24. The van der Waals surface area contributed by atoms with E-state index in [0.29, 0.717) is 6.04 Å². The van der Waals surface area contributed by atoms with Gasteiger partial charge in [0.25, 0.3) is 0 Å². The van der Waals surface area contributed by atoms with Crippen LogP contribution in [0.25, 0.3) is 0 Å². The van der Waals surface area contributed by atoms with Gasteiger partial charge in [-0.15, -0.1) is 0 Å². The summed E-state index contributed by atoms with van der Waals surface area (Å²) in [6, 6.07) is 7.15. The van der Waals surface area contributed by atoms with Crippen LogP contribution in [0, 0.1) is 5.92 Å². The SMILES string of the molecule is CN(c1ccc2c(c1)CCCC2)C1CC(C(=O)O)C1. The Kier molecular flexibility index (Phi) is 3.21. The minimum atomic E-state index is -0.643. The summed E-state index contributed by atoms with van der Waals surface area (Å²) in [6.45, 7) is 0. The summed E-state index contributed by atoms with van der Waals surface area (Å²) in [6.07, 6.45) is 6.57. The molecule has 1 aromatic carbocycles. The number of carboxylic acid groups (broad SMARTS) is 1. The molecule has 19 heavy (non-hydrogen) atoms. The first-order valence-corrected chi connectivity index (χ1v) is 7.22. The molecule has 0 amide bonds. The molecule has 1 saturated carbocycles. The van der Waals surface area contributed by atoms with Crippen LogP contribution in [0.4, 0.5) is 5.69 Å². The Morgan fingerprint density at radius 1 is 1.21 bits per heavy atom. The number of carboxylic acids is 1. The highest BCUT2D eigenvalue weighted by atomic mass is 16.4. The van der Waals surface area contributed by atoms with Gasteiger partial charge in [-0.3, -0.25) is 4.79 Å². The molecule has 0 atom stereocenters. The van der Waals surface area contributed by atoms with Crippen LogP contribution in [0.15, 0.2) is 18.2 Å². The standard InChI is InChI=1S/C16H21NO2/c1-17(15-9-13(10-15)16(18)19)14-7-6-11-4-2-3-5-12(11)8-14/h6-8,13,15H,2-5,9-10H2,1H3,(H,18,19). The van der Waals surface area contributed by atoms with Crippen LogP contribution < -0.4 is 4.90 Å². The van der Waals surface area contributed by atoms with Crippen molar-refractivity contribution in [1.29, 1.82) is 0 Å². The molecule has 2 aliphatic carbocycles. The molecular formula is C16H21NO2. The molecule has 0 aliphatic heterocycles. The summed E-state index contributed by atoms with van der Waals surface area (Å²) < 4.78 is 0. The number of hydrogen-bond donors (Lipinski definition) is 1. The van der Waals surface area contributed by atoms with E-state index in [4.69, 9.17) is 5.11 Å². The lowest BCUT2D eigenvalue weighted by molar-refractivity contribution is -0.145. The zero-order chi connectivity index (χ0) is 13.4. The van der Waals surface area contributed by atoms with E-state index in [0.717, 1.165) is 12.8 Å². The molecule has 3 nitrogen and oxygen atoms in total. The number of hydrogen-bond acceptors (Lipinski definition) is 2. The van der Waals surface area contributed by atoms with E-state index in [2.05, 4.69) is 30.1 Å². The van der Waals surface area contributed by atoms with Crippen molar-refractivity contribution in [2.45, 2.75) is 44.6 Å². The molecular weight excluding hydrogens is 238 g/mol. The zero-order valence-electron chi connectivity index (χ0n) is 11.4. The Labute approximate surface area is 114 Å². The highest BCUT2D eigenvalue weighted by Crippen LogP contribution is 2.35. The fourth-order valence-corrected chi connectivity index (χ4v) is 3.26. The molecule has 0 unspecified atom stereocenters. The maximum Gasteiger partial charge on any atom is 0.306 e. The molecule has 0 heterocycles. The van der Waals surface area contributed by atoms with Crippen molar-refractivity contribution in [2.75, 3.05) is 11.9 Å². The molecule has 0 saturated heterocycles. The van der Waals surface area contributed by atoms with Gasteiger partial charge in [0.2, 0.25) is 0 Å². The van der Waals surface area contributed by atoms with Crippen LogP contribution in [-0.4, -0.2) is 24.2 Å². The van der Waals surface area contributed by atoms with Crippen LogP contribution in [-0.2, 0) is 17.6 Å². The van der Waals surface area contributed by atoms with Crippen molar-refractivity contribution in [3.8, 4) is 0 Å². The quantitative estimate of drug-likeness (QED) is 0.907. The largest absolute Gasteiger partial charge is 0.481 e. The van der Waals surface area contributed by atoms with Crippen molar-refractivity contribution in [3.63, 3.8) is 0 Å². The van der Waals surface area contributed by atoms with Crippen LogP contribution in [0.5, 0.6) is 0 Å². The van der Waals surface area contributed by atoms with E-state index in [9.17, 15) is 4.79 Å². The highest BCUT2D eigenvalue weighted by molar-refractivity contribution is 5.71. The van der Waals surface area contributed by atoms with E-state index in [1.54, 1.807) is 0 Å². The third kappa shape index (κ3) is 2.34. The second-order valence-corrected chi connectivity index (χ2v) is 5.93. The van der Waals surface area contributed by atoms with Crippen LogP contribution in [0.1, 0.15) is 36.8 Å². The van der Waals surface area contributed by atoms with Crippen molar-refractivity contribution >= 4 is 11.7 Å². The van der Waals surface area contributed by atoms with E-state index in [-0.39, 0.29) is 5.92 Å². The first kappa shape index (κ1) is 12.5. The lowest BCUT2D eigenvalue weighted by atomic mass is 9.79. The summed E-state index contributed by atoms with van der Waals surface area (Å²) in [5, 5.41) is 8.94. The lowest BCUT2D eigenvalue weighted by Crippen LogP contribution is -2.45. The minimum absolute atomic E-state index is 0.134. The Hall–Kier alpha value is -1.51. The van der Waals surface area contributed by atoms with Gasteiger partial charge in [0.1, 0.15) is 0 Å². The van der Waals surface area contributed by atoms with E-state index < -0.39 is 5.97 Å². The topological polar surface area (TPSA) is 40.5 Å². The minimum Gasteiger partial charge on any atom is -0.481 e. The summed E-state index contributed by atoms with van der Waals surface area (Å²) in [5.74, 6) is -0.778. The molecule has 0 aromatic heterocycles. The number of benzene rings is 1. The molecule has 3 rings (SSSR count). The summed E-state index contributed by atoms with van der Waals surface area (Å²) in [7, 11) is 2.09. The van der Waals surface area contributed by atoms with Crippen molar-refractivity contribution in [1.82, 2.24) is 0 Å². The average molecular weight is 259 g/mol. The molecule has 2 aliphatic rings. The first-order valence-electron chi connectivity index (χ1n) is 7.22. The van der Waals surface area contributed by atoms with Crippen LogP contribution in [0.2, 0.25) is 0 Å². The third-order valence-electron chi connectivity index (χ3n) is 4.75. The monoisotopic (exact) mass is 259 g/mol. The van der Waals surface area contributed by atoms with Crippen LogP contribution in [0.3, 0.4) is 0 Å². The second-order valence-electron chi connectivity index (χ2n) is 5.93. The van der Waals surface area contributed by atoms with Gasteiger partial charge < -0.3 is 10.0 Å². The number of nitrogens with zero attached hydrogens (tertiary/aromatic N) is 1.